The lowest BCUT2D eigenvalue weighted by Crippen LogP contribution is -2.42. The summed E-state index contributed by atoms with van der Waals surface area (Å²) in [5.74, 6) is -1.10. The van der Waals surface area contributed by atoms with Crippen LogP contribution in [-0.2, 0) is 6.18 Å². The van der Waals surface area contributed by atoms with Crippen molar-refractivity contribution in [2.24, 2.45) is 0 Å². The molecule has 0 radical (unpaired) electrons. The monoisotopic (exact) mass is 437 g/mol. The Morgan fingerprint density at radius 3 is 2.42 bits per heavy atom. The lowest BCUT2D eigenvalue weighted by atomic mass is 10.1. The zero-order chi connectivity index (χ0) is 22.6. The van der Waals surface area contributed by atoms with E-state index in [4.69, 9.17) is 0 Å². The van der Waals surface area contributed by atoms with Gasteiger partial charge in [-0.15, -0.1) is 4.80 Å². The molecule has 3 rings (SSSR count). The average Bonchev–Trinajstić information content (AvgIpc) is 3.26. The lowest BCUT2D eigenvalue weighted by molar-refractivity contribution is -0.138. The van der Waals surface area contributed by atoms with Gasteiger partial charge in [0.25, 0.3) is 5.91 Å². The van der Waals surface area contributed by atoms with E-state index in [1.165, 1.54) is 35.5 Å². The van der Waals surface area contributed by atoms with Crippen molar-refractivity contribution in [2.75, 3.05) is 18.4 Å². The second-order valence-corrected chi connectivity index (χ2v) is 6.57. The average molecular weight is 437 g/mol. The van der Waals surface area contributed by atoms with Crippen LogP contribution in [0.15, 0.2) is 43.0 Å². The smallest absolute Gasteiger partial charge is 0.352 e. The van der Waals surface area contributed by atoms with Crippen LogP contribution in [0.1, 0.15) is 29.8 Å². The third-order valence-electron chi connectivity index (χ3n) is 4.50. The number of benzene rings is 1. The molecule has 0 aliphatic heterocycles. The van der Waals surface area contributed by atoms with Crippen molar-refractivity contribution in [3.8, 4) is 5.69 Å². The minimum absolute atomic E-state index is 0.00413. The summed E-state index contributed by atoms with van der Waals surface area (Å²) in [5.41, 5.74) is -0.944. The van der Waals surface area contributed by atoms with Crippen LogP contribution in [0.2, 0.25) is 0 Å². The van der Waals surface area contributed by atoms with E-state index in [2.05, 4.69) is 25.5 Å². The van der Waals surface area contributed by atoms with Gasteiger partial charge >= 0.3 is 6.18 Å². The molecule has 0 saturated heterocycles. The zero-order valence-corrected chi connectivity index (χ0v) is 16.6. The van der Waals surface area contributed by atoms with Crippen LogP contribution in [0, 0.1) is 5.82 Å². The summed E-state index contributed by atoms with van der Waals surface area (Å²) in [6, 6.07) is 3.69. The fourth-order valence-electron chi connectivity index (χ4n) is 2.95. The van der Waals surface area contributed by atoms with Gasteiger partial charge in [0.1, 0.15) is 5.69 Å². The fraction of sp³-hybridized carbons (Fsp3) is 0.316. The molecule has 2 heterocycles. The number of aromatic nitrogens is 5. The third-order valence-corrected chi connectivity index (χ3v) is 4.50. The van der Waals surface area contributed by atoms with E-state index in [1.807, 2.05) is 0 Å². The van der Waals surface area contributed by atoms with Gasteiger partial charge < -0.3 is 10.2 Å². The molecule has 0 saturated carbocycles. The quantitative estimate of drug-likeness (QED) is 0.572. The van der Waals surface area contributed by atoms with Crippen molar-refractivity contribution in [3.63, 3.8) is 0 Å². The molecule has 164 valence electrons. The van der Waals surface area contributed by atoms with E-state index >= 15 is 0 Å². The first-order chi connectivity index (χ1) is 14.7. The van der Waals surface area contributed by atoms with Crippen LogP contribution in [0.5, 0.6) is 0 Å². The maximum atomic E-state index is 14.4. The zero-order valence-electron chi connectivity index (χ0n) is 16.6. The second-order valence-electron chi connectivity index (χ2n) is 6.57. The van der Waals surface area contributed by atoms with Gasteiger partial charge in [-0.05, 0) is 26.0 Å². The fourth-order valence-corrected chi connectivity index (χ4v) is 2.95. The maximum absolute atomic E-state index is 14.4. The minimum atomic E-state index is -4.52. The SMILES string of the molecule is CCN(C(=O)c1cccc(F)c1-n1nccn1)[C@@H](C)CNc1ncc(C(F)(F)F)cn1. The van der Waals surface area contributed by atoms with E-state index in [1.54, 1.807) is 13.8 Å². The molecular weight excluding hydrogens is 418 g/mol. The predicted molar refractivity (Wildman–Crippen MR) is 103 cm³/mol. The van der Waals surface area contributed by atoms with Gasteiger partial charge in [0, 0.05) is 31.5 Å². The molecule has 0 bridgehead atoms. The Kier molecular flexibility index (Phi) is 6.47. The molecule has 0 aliphatic rings. The minimum Gasteiger partial charge on any atom is -0.352 e. The van der Waals surface area contributed by atoms with E-state index in [0.717, 1.165) is 4.80 Å². The first-order valence-electron chi connectivity index (χ1n) is 9.31. The Morgan fingerprint density at radius 1 is 1.19 bits per heavy atom. The normalized spacial score (nSPS) is 12.5. The number of rotatable bonds is 7. The molecule has 8 nitrogen and oxygen atoms in total. The highest BCUT2D eigenvalue weighted by Crippen LogP contribution is 2.28. The Balaban J connectivity index is 1.75. The topological polar surface area (TPSA) is 88.8 Å². The Bertz CT molecular complexity index is 1020. The Hall–Kier alpha value is -3.57. The van der Waals surface area contributed by atoms with Gasteiger partial charge in [0.2, 0.25) is 5.95 Å². The number of alkyl halides is 3. The lowest BCUT2D eigenvalue weighted by Gasteiger charge is -2.29. The van der Waals surface area contributed by atoms with Crippen LogP contribution in [-0.4, -0.2) is 54.9 Å². The highest BCUT2D eigenvalue weighted by molar-refractivity contribution is 5.98. The number of anilines is 1. The molecule has 0 fully saturated rings. The highest BCUT2D eigenvalue weighted by Gasteiger charge is 2.31. The number of nitrogens with zero attached hydrogens (tertiary/aromatic N) is 6. The van der Waals surface area contributed by atoms with Gasteiger partial charge in [-0.1, -0.05) is 6.07 Å². The molecule has 1 atom stereocenters. The number of halogens is 4. The predicted octanol–water partition coefficient (Wildman–Crippen LogP) is 3.18. The summed E-state index contributed by atoms with van der Waals surface area (Å²) in [5, 5.41) is 10.6. The van der Waals surface area contributed by atoms with Gasteiger partial charge in [0.05, 0.1) is 23.5 Å². The first kappa shape index (κ1) is 22.1. The molecule has 12 heteroatoms. The number of carbonyl (C=O) groups excluding carboxylic acids is 1. The number of hydrogen-bond acceptors (Lipinski definition) is 6. The molecule has 0 spiro atoms. The Labute approximate surface area is 174 Å². The van der Waals surface area contributed by atoms with Crippen LogP contribution in [0.25, 0.3) is 5.69 Å². The number of hydrogen-bond donors (Lipinski definition) is 1. The van der Waals surface area contributed by atoms with Crippen molar-refractivity contribution in [1.29, 1.82) is 0 Å². The van der Waals surface area contributed by atoms with E-state index in [-0.39, 0.29) is 23.7 Å². The van der Waals surface area contributed by atoms with Crippen LogP contribution < -0.4 is 5.32 Å². The molecule has 0 aliphatic carbocycles. The summed E-state index contributed by atoms with van der Waals surface area (Å²) in [6.45, 7) is 3.96. The summed E-state index contributed by atoms with van der Waals surface area (Å²) in [7, 11) is 0. The van der Waals surface area contributed by atoms with Crippen molar-refractivity contribution >= 4 is 11.9 Å². The number of carbonyl (C=O) groups is 1. The maximum Gasteiger partial charge on any atom is 0.419 e. The number of likely N-dealkylation sites (N-methyl/N-ethyl adjacent to an activating group) is 1. The molecule has 0 unspecified atom stereocenters. The molecule has 1 N–H and O–H groups in total. The van der Waals surface area contributed by atoms with Crippen LogP contribution in [0.3, 0.4) is 0 Å². The second kappa shape index (κ2) is 9.06. The van der Waals surface area contributed by atoms with Gasteiger partial charge in [-0.25, -0.2) is 14.4 Å². The van der Waals surface area contributed by atoms with Crippen LogP contribution >= 0.6 is 0 Å². The van der Waals surface area contributed by atoms with Gasteiger partial charge in [0.15, 0.2) is 5.82 Å². The van der Waals surface area contributed by atoms with E-state index < -0.39 is 29.5 Å². The highest BCUT2D eigenvalue weighted by atomic mass is 19.4. The first-order valence-corrected chi connectivity index (χ1v) is 9.31. The van der Waals surface area contributed by atoms with Gasteiger partial charge in [-0.3, -0.25) is 4.79 Å². The third kappa shape index (κ3) is 4.95. The van der Waals surface area contributed by atoms with Gasteiger partial charge in [-0.2, -0.15) is 23.4 Å². The van der Waals surface area contributed by atoms with Crippen LogP contribution in [0.4, 0.5) is 23.5 Å². The standard InChI is InChI=1S/C19H19F4N7O/c1-3-29(12(2)9-24-18-25-10-13(11-26-18)19(21,22)23)17(31)14-5-4-6-15(20)16(14)30-27-7-8-28-30/h4-8,10-12H,3,9H2,1-2H3,(H,24,25,26)/t12-/m0/s1. The summed E-state index contributed by atoms with van der Waals surface area (Å²) in [4.78, 5) is 23.0. The van der Waals surface area contributed by atoms with Crippen molar-refractivity contribution in [2.45, 2.75) is 26.1 Å². The molecule has 31 heavy (non-hydrogen) atoms. The number of nitrogens with one attached hydrogen (secondary N) is 1. The summed E-state index contributed by atoms with van der Waals surface area (Å²) < 4.78 is 52.3. The largest absolute Gasteiger partial charge is 0.419 e. The van der Waals surface area contributed by atoms with E-state index in [9.17, 15) is 22.4 Å². The molecule has 1 aromatic carbocycles. The number of para-hydroxylation sites is 1. The molecular formula is C19H19F4N7O. The summed E-state index contributed by atoms with van der Waals surface area (Å²) in [6.07, 6.45) is -0.426. The van der Waals surface area contributed by atoms with Crippen molar-refractivity contribution < 1.29 is 22.4 Å². The summed E-state index contributed by atoms with van der Waals surface area (Å²) >= 11 is 0. The van der Waals surface area contributed by atoms with Crippen molar-refractivity contribution in [1.82, 2.24) is 29.9 Å². The van der Waals surface area contributed by atoms with E-state index in [0.29, 0.717) is 18.9 Å². The van der Waals surface area contributed by atoms with Crippen molar-refractivity contribution in [3.05, 3.63) is 59.9 Å². The number of amides is 1. The molecule has 1 amide bonds. The molecule has 2 aromatic heterocycles. The molecule has 3 aromatic rings. The Morgan fingerprint density at radius 2 is 1.84 bits per heavy atom.